The lowest BCUT2D eigenvalue weighted by molar-refractivity contribution is -0.141. The molecule has 12 heteroatoms. The van der Waals surface area contributed by atoms with Crippen LogP contribution < -0.4 is 4.74 Å². The fraction of sp³-hybridized carbons (Fsp3) is 0.188. The van der Waals surface area contributed by atoms with Gasteiger partial charge in [0.25, 0.3) is 0 Å². The van der Waals surface area contributed by atoms with Crippen LogP contribution in [0.1, 0.15) is 16.1 Å². The van der Waals surface area contributed by atoms with E-state index in [4.69, 9.17) is 32.8 Å². The number of benzene rings is 1. The first-order valence-electron chi connectivity index (χ1n) is 7.58. The second-order valence-corrected chi connectivity index (χ2v) is 7.41. The lowest BCUT2D eigenvalue weighted by Crippen LogP contribution is -2.09. The Morgan fingerprint density at radius 2 is 2.04 bits per heavy atom. The van der Waals surface area contributed by atoms with Gasteiger partial charge in [-0.3, -0.25) is 0 Å². The summed E-state index contributed by atoms with van der Waals surface area (Å²) in [6, 6.07) is 6.38. The number of hydrogen-bond donors (Lipinski definition) is 0. The van der Waals surface area contributed by atoms with Gasteiger partial charge >= 0.3 is 6.18 Å². The number of nitrogens with zero attached hydrogens (tertiary/aromatic N) is 4. The zero-order chi connectivity index (χ0) is 20.3. The highest BCUT2D eigenvalue weighted by Crippen LogP contribution is 2.37. The Bertz CT molecular complexity index is 1000. The van der Waals surface area contributed by atoms with E-state index in [9.17, 15) is 13.2 Å². The van der Waals surface area contributed by atoms with E-state index in [-0.39, 0.29) is 23.3 Å². The summed E-state index contributed by atoms with van der Waals surface area (Å²) in [7, 11) is 1.32. The first-order valence-corrected chi connectivity index (χ1v) is 9.15. The van der Waals surface area contributed by atoms with Crippen LogP contribution in [0.5, 0.6) is 11.6 Å². The van der Waals surface area contributed by atoms with Gasteiger partial charge < -0.3 is 9.57 Å². The molecule has 0 atom stereocenters. The normalized spacial score (nSPS) is 11.9. The highest BCUT2D eigenvalue weighted by Gasteiger charge is 2.39. The average molecular weight is 451 g/mol. The molecule has 0 aliphatic heterocycles. The van der Waals surface area contributed by atoms with Crippen molar-refractivity contribution in [1.29, 1.82) is 0 Å². The van der Waals surface area contributed by atoms with Crippen LogP contribution in [0.4, 0.5) is 13.2 Å². The highest BCUT2D eigenvalue weighted by atomic mass is 35.5. The van der Waals surface area contributed by atoms with Crippen LogP contribution in [0.2, 0.25) is 9.49 Å². The number of halogens is 5. The fourth-order valence-electron chi connectivity index (χ4n) is 2.14. The predicted molar refractivity (Wildman–Crippen MR) is 99.2 cm³/mol. The quantitative estimate of drug-likeness (QED) is 0.365. The van der Waals surface area contributed by atoms with Gasteiger partial charge in [-0.2, -0.15) is 18.3 Å². The number of thiazole rings is 1. The minimum atomic E-state index is -4.72. The molecule has 0 amide bonds. The summed E-state index contributed by atoms with van der Waals surface area (Å²) in [5, 5.41) is 7.34. The van der Waals surface area contributed by atoms with Gasteiger partial charge in [-0.25, -0.2) is 9.67 Å². The van der Waals surface area contributed by atoms with Gasteiger partial charge in [0.2, 0.25) is 5.88 Å². The van der Waals surface area contributed by atoms with Crippen molar-refractivity contribution in [2.75, 3.05) is 0 Å². The summed E-state index contributed by atoms with van der Waals surface area (Å²) >= 11 is 12.9. The van der Waals surface area contributed by atoms with Crippen molar-refractivity contribution in [2.24, 2.45) is 12.2 Å². The maximum absolute atomic E-state index is 13.4. The molecule has 0 saturated heterocycles. The highest BCUT2D eigenvalue weighted by molar-refractivity contribution is 7.15. The van der Waals surface area contributed by atoms with Gasteiger partial charge in [0.05, 0.1) is 21.7 Å². The van der Waals surface area contributed by atoms with Gasteiger partial charge in [-0.15, -0.1) is 11.3 Å². The number of alkyl halides is 3. The van der Waals surface area contributed by atoms with Crippen molar-refractivity contribution in [1.82, 2.24) is 14.8 Å². The summed E-state index contributed by atoms with van der Waals surface area (Å²) in [6.45, 7) is 0.00318. The summed E-state index contributed by atoms with van der Waals surface area (Å²) in [5.74, 6) is -0.00984. The molecular weight excluding hydrogens is 440 g/mol. The average Bonchev–Trinajstić information content (AvgIpc) is 3.17. The molecule has 1 aromatic carbocycles. The minimum absolute atomic E-state index is 0.00318. The number of oxime groups is 1. The maximum atomic E-state index is 13.4. The van der Waals surface area contributed by atoms with Crippen LogP contribution in [0.15, 0.2) is 35.6 Å². The van der Waals surface area contributed by atoms with Crippen molar-refractivity contribution >= 4 is 40.8 Å². The zero-order valence-electron chi connectivity index (χ0n) is 14.1. The number of para-hydroxylation sites is 1. The molecule has 3 aromatic rings. The molecule has 0 aliphatic rings. The predicted octanol–water partition coefficient (Wildman–Crippen LogP) is 5.55. The molecule has 2 heterocycles. The van der Waals surface area contributed by atoms with Crippen LogP contribution in [-0.4, -0.2) is 21.0 Å². The van der Waals surface area contributed by atoms with E-state index in [1.165, 1.54) is 30.6 Å². The molecule has 0 fully saturated rings. The van der Waals surface area contributed by atoms with E-state index in [0.717, 1.165) is 10.9 Å². The molecule has 0 N–H and O–H groups in total. The van der Waals surface area contributed by atoms with Crippen molar-refractivity contribution in [3.05, 3.63) is 56.1 Å². The SMILES string of the molecule is Cn1nc(C(F)(F)F)c(/C=N/OCc2cnc(Cl)s2)c1Oc1ccccc1Cl. The molecule has 148 valence electrons. The van der Waals surface area contributed by atoms with Crippen molar-refractivity contribution in [3.8, 4) is 11.6 Å². The van der Waals surface area contributed by atoms with E-state index in [1.807, 2.05) is 0 Å². The Morgan fingerprint density at radius 3 is 2.68 bits per heavy atom. The molecule has 28 heavy (non-hydrogen) atoms. The summed E-state index contributed by atoms with van der Waals surface area (Å²) in [6.07, 6.45) is -2.34. The van der Waals surface area contributed by atoms with E-state index in [0.29, 0.717) is 9.34 Å². The Balaban J connectivity index is 1.88. The standard InChI is InChI=1S/C16H11Cl2F3N4O2S/c1-25-14(27-12-5-3-2-4-11(12)17)10(13(24-25)16(19,20)21)7-23-26-8-9-6-22-15(18)28-9/h2-7H,8H2,1H3/b23-7+. The first kappa shape index (κ1) is 20.4. The van der Waals surface area contributed by atoms with Crippen LogP contribution in [0.3, 0.4) is 0 Å². The van der Waals surface area contributed by atoms with E-state index in [2.05, 4.69) is 15.2 Å². The lowest BCUT2D eigenvalue weighted by Gasteiger charge is -2.08. The second kappa shape index (κ2) is 8.38. The largest absolute Gasteiger partial charge is 0.437 e. The third kappa shape index (κ3) is 4.75. The Kier molecular flexibility index (Phi) is 6.11. The Morgan fingerprint density at radius 1 is 1.29 bits per heavy atom. The second-order valence-electron chi connectivity index (χ2n) is 5.31. The van der Waals surface area contributed by atoms with E-state index in [1.54, 1.807) is 18.2 Å². The number of ether oxygens (including phenoxy) is 1. The van der Waals surface area contributed by atoms with E-state index < -0.39 is 17.4 Å². The van der Waals surface area contributed by atoms with E-state index >= 15 is 0 Å². The smallest absolute Gasteiger partial charge is 0.435 e. The molecule has 2 aromatic heterocycles. The van der Waals surface area contributed by atoms with Gasteiger partial charge in [0.1, 0.15) is 5.75 Å². The van der Waals surface area contributed by atoms with Crippen molar-refractivity contribution in [3.63, 3.8) is 0 Å². The molecule has 0 aliphatic carbocycles. The summed E-state index contributed by atoms with van der Waals surface area (Å²) in [5.41, 5.74) is -1.55. The fourth-order valence-corrected chi connectivity index (χ4v) is 3.20. The molecule has 0 radical (unpaired) electrons. The number of aryl methyl sites for hydroxylation is 1. The summed E-state index contributed by atoms with van der Waals surface area (Å²) in [4.78, 5) is 9.53. The zero-order valence-corrected chi connectivity index (χ0v) is 16.4. The monoisotopic (exact) mass is 450 g/mol. The van der Waals surface area contributed by atoms with Crippen molar-refractivity contribution < 1.29 is 22.7 Å². The molecule has 3 rings (SSSR count). The van der Waals surface area contributed by atoms with Gasteiger partial charge in [-0.05, 0) is 12.1 Å². The molecule has 0 bridgehead atoms. The topological polar surface area (TPSA) is 61.5 Å². The van der Waals surface area contributed by atoms with Gasteiger partial charge in [0.15, 0.2) is 16.8 Å². The molecular formula is C16H11Cl2F3N4O2S. The first-order chi connectivity index (χ1) is 13.3. The molecule has 0 unspecified atom stereocenters. The molecule has 0 saturated carbocycles. The Labute approximate surface area is 171 Å². The van der Waals surface area contributed by atoms with Crippen LogP contribution in [-0.2, 0) is 24.7 Å². The molecule has 0 spiro atoms. The number of hydrogen-bond acceptors (Lipinski definition) is 6. The van der Waals surface area contributed by atoms with Gasteiger partial charge in [-0.1, -0.05) is 40.5 Å². The van der Waals surface area contributed by atoms with Crippen LogP contribution in [0, 0.1) is 0 Å². The maximum Gasteiger partial charge on any atom is 0.435 e. The minimum Gasteiger partial charge on any atom is -0.437 e. The Hall–Kier alpha value is -2.30. The number of rotatable bonds is 6. The van der Waals surface area contributed by atoms with Crippen molar-refractivity contribution in [2.45, 2.75) is 12.8 Å². The third-order valence-corrected chi connectivity index (χ3v) is 4.73. The summed E-state index contributed by atoms with van der Waals surface area (Å²) < 4.78 is 46.9. The van der Waals surface area contributed by atoms with Crippen LogP contribution in [0.25, 0.3) is 0 Å². The number of aromatic nitrogens is 3. The lowest BCUT2D eigenvalue weighted by atomic mass is 10.2. The van der Waals surface area contributed by atoms with Gasteiger partial charge in [0, 0.05) is 13.2 Å². The molecule has 6 nitrogen and oxygen atoms in total. The third-order valence-electron chi connectivity index (χ3n) is 3.33. The van der Waals surface area contributed by atoms with Crippen LogP contribution >= 0.6 is 34.5 Å².